The Kier molecular flexibility index (Phi) is 3.84. The highest BCUT2D eigenvalue weighted by Gasteiger charge is 2.33. The highest BCUT2D eigenvalue weighted by molar-refractivity contribution is 6.10. The summed E-state index contributed by atoms with van der Waals surface area (Å²) in [5.41, 5.74) is 0.395. The van der Waals surface area contributed by atoms with Crippen LogP contribution in [0.2, 0.25) is 0 Å². The van der Waals surface area contributed by atoms with Gasteiger partial charge in [-0.25, -0.2) is 0 Å². The Morgan fingerprint density at radius 2 is 1.85 bits per heavy atom. The number of phenolic OH excluding ortho intramolecular Hbond substituents is 2. The lowest BCUT2D eigenvalue weighted by atomic mass is 9.95. The molecule has 1 atom stereocenters. The van der Waals surface area contributed by atoms with Gasteiger partial charge in [0, 0.05) is 12.5 Å². The first-order chi connectivity index (χ1) is 9.45. The zero-order valence-corrected chi connectivity index (χ0v) is 10.4. The molecule has 0 aromatic heterocycles. The number of ether oxygens (including phenoxy) is 1. The van der Waals surface area contributed by atoms with E-state index in [9.17, 15) is 24.6 Å². The van der Waals surface area contributed by atoms with E-state index in [2.05, 4.69) is 4.74 Å². The smallest absolute Gasteiger partial charge is 0.317 e. The molecular formula is C14H12O6. The second-order valence-electron chi connectivity index (χ2n) is 4.42. The first-order valence-electron chi connectivity index (χ1n) is 5.89. The molecule has 0 unspecified atom stereocenters. The van der Waals surface area contributed by atoms with E-state index in [-0.39, 0.29) is 30.3 Å². The third-order valence-electron chi connectivity index (χ3n) is 2.80. The molecule has 1 heterocycles. The van der Waals surface area contributed by atoms with Crippen molar-refractivity contribution in [2.24, 2.45) is 5.92 Å². The van der Waals surface area contributed by atoms with Crippen LogP contribution in [0.5, 0.6) is 11.5 Å². The quantitative estimate of drug-likeness (QED) is 0.481. The van der Waals surface area contributed by atoms with Gasteiger partial charge in [-0.1, -0.05) is 6.08 Å². The van der Waals surface area contributed by atoms with E-state index in [1.54, 1.807) is 0 Å². The van der Waals surface area contributed by atoms with Crippen molar-refractivity contribution in [1.82, 2.24) is 0 Å². The van der Waals surface area contributed by atoms with Gasteiger partial charge in [0.15, 0.2) is 11.6 Å². The number of carbonyl (C=O) groups excluding carboxylic acids is 3. The lowest BCUT2D eigenvalue weighted by molar-refractivity contribution is -0.160. The van der Waals surface area contributed by atoms with Gasteiger partial charge in [0.1, 0.15) is 24.0 Å². The Hall–Kier alpha value is -2.63. The van der Waals surface area contributed by atoms with Crippen LogP contribution >= 0.6 is 0 Å². The second kappa shape index (κ2) is 5.56. The summed E-state index contributed by atoms with van der Waals surface area (Å²) < 4.78 is 4.59. The minimum absolute atomic E-state index is 0.149. The summed E-state index contributed by atoms with van der Waals surface area (Å²) in [7, 11) is 0. The van der Waals surface area contributed by atoms with Gasteiger partial charge in [-0.2, -0.15) is 0 Å². The second-order valence-corrected chi connectivity index (χ2v) is 4.42. The lowest BCUT2D eigenvalue weighted by Crippen LogP contribution is -2.34. The molecule has 1 saturated heterocycles. The average molecular weight is 276 g/mol. The van der Waals surface area contributed by atoms with Crippen molar-refractivity contribution in [1.29, 1.82) is 0 Å². The van der Waals surface area contributed by atoms with Crippen molar-refractivity contribution < 1.29 is 29.3 Å². The summed E-state index contributed by atoms with van der Waals surface area (Å²) in [6.07, 6.45) is 2.31. The molecule has 0 aliphatic carbocycles. The van der Waals surface area contributed by atoms with Gasteiger partial charge in [0.2, 0.25) is 0 Å². The molecule has 6 nitrogen and oxygen atoms in total. The number of rotatable bonds is 3. The molecule has 1 aliphatic rings. The van der Waals surface area contributed by atoms with Crippen LogP contribution in [0.3, 0.4) is 0 Å². The topological polar surface area (TPSA) is 101 Å². The molecule has 0 amide bonds. The van der Waals surface area contributed by atoms with Crippen LogP contribution in [0.25, 0.3) is 6.08 Å². The number of benzene rings is 1. The average Bonchev–Trinajstić information content (AvgIpc) is 2.38. The predicted molar refractivity (Wildman–Crippen MR) is 67.9 cm³/mol. The molecule has 1 aliphatic heterocycles. The van der Waals surface area contributed by atoms with Crippen molar-refractivity contribution in [2.75, 3.05) is 6.61 Å². The van der Waals surface area contributed by atoms with Crippen LogP contribution in [0.4, 0.5) is 0 Å². The number of phenols is 2. The molecule has 2 N–H and O–H groups in total. The summed E-state index contributed by atoms with van der Waals surface area (Å²) >= 11 is 0. The first-order valence-corrected chi connectivity index (χ1v) is 5.89. The van der Waals surface area contributed by atoms with Gasteiger partial charge in [0.05, 0.1) is 0 Å². The summed E-state index contributed by atoms with van der Waals surface area (Å²) in [5, 5.41) is 18.6. The molecule has 0 radical (unpaired) electrons. The number of esters is 1. The molecule has 2 rings (SSSR count). The van der Waals surface area contributed by atoms with E-state index in [1.807, 2.05) is 0 Å². The predicted octanol–water partition coefficient (Wildman–Crippen LogP) is 0.812. The number of hydrogen-bond acceptors (Lipinski definition) is 6. The fourth-order valence-electron chi connectivity index (χ4n) is 1.85. The fraction of sp³-hybridized carbons (Fsp3) is 0.214. The van der Waals surface area contributed by atoms with Gasteiger partial charge < -0.3 is 14.9 Å². The Morgan fingerprint density at radius 1 is 1.20 bits per heavy atom. The maximum atomic E-state index is 11.8. The number of carbonyl (C=O) groups is 3. The van der Waals surface area contributed by atoms with Crippen LogP contribution in [-0.2, 0) is 19.1 Å². The van der Waals surface area contributed by atoms with Gasteiger partial charge in [-0.05, 0) is 23.8 Å². The monoisotopic (exact) mass is 276 g/mol. The third-order valence-corrected chi connectivity index (χ3v) is 2.80. The first kappa shape index (κ1) is 13.8. The summed E-state index contributed by atoms with van der Waals surface area (Å²) in [4.78, 5) is 34.4. The molecule has 104 valence electrons. The van der Waals surface area contributed by atoms with Crippen molar-refractivity contribution in [3.8, 4) is 11.5 Å². The molecule has 1 aromatic rings. The van der Waals surface area contributed by atoms with Crippen molar-refractivity contribution in [3.05, 3.63) is 29.8 Å². The SMILES string of the molecule is O=C1COC(=O)[C@H](C(=O)C=Cc2cc(O)cc(O)c2)C1. The standard InChI is InChI=1S/C14H12O6/c15-9-3-8(4-10(16)5-9)1-2-13(18)12-6-11(17)7-20-14(12)19/h1-5,12,15-16H,6-7H2/t12-/m0/s1. The van der Waals surface area contributed by atoms with Crippen molar-refractivity contribution >= 4 is 23.6 Å². The van der Waals surface area contributed by atoms with E-state index < -0.39 is 17.7 Å². The van der Waals surface area contributed by atoms with Crippen LogP contribution in [-0.4, -0.2) is 34.4 Å². The summed E-state index contributed by atoms with van der Waals surface area (Å²) in [6.45, 7) is -0.285. The molecule has 0 bridgehead atoms. The molecule has 1 aromatic carbocycles. The van der Waals surface area contributed by atoms with Crippen LogP contribution in [0.15, 0.2) is 24.3 Å². The molecule has 1 fully saturated rings. The minimum Gasteiger partial charge on any atom is -0.508 e. The summed E-state index contributed by atoms with van der Waals surface area (Å²) in [6, 6.07) is 3.83. The Morgan fingerprint density at radius 3 is 2.50 bits per heavy atom. The highest BCUT2D eigenvalue weighted by Crippen LogP contribution is 2.22. The molecule has 0 spiro atoms. The van der Waals surface area contributed by atoms with E-state index in [1.165, 1.54) is 18.2 Å². The largest absolute Gasteiger partial charge is 0.508 e. The van der Waals surface area contributed by atoms with Crippen LogP contribution in [0.1, 0.15) is 12.0 Å². The molecule has 20 heavy (non-hydrogen) atoms. The van der Waals surface area contributed by atoms with E-state index in [4.69, 9.17) is 0 Å². The normalized spacial score (nSPS) is 19.1. The Bertz CT molecular complexity index is 581. The van der Waals surface area contributed by atoms with Crippen molar-refractivity contribution in [3.63, 3.8) is 0 Å². The van der Waals surface area contributed by atoms with Gasteiger partial charge in [-0.3, -0.25) is 14.4 Å². The molecule has 0 saturated carbocycles. The maximum Gasteiger partial charge on any atom is 0.317 e. The zero-order valence-electron chi connectivity index (χ0n) is 10.4. The molecule has 6 heteroatoms. The lowest BCUT2D eigenvalue weighted by Gasteiger charge is -2.17. The maximum absolute atomic E-state index is 11.8. The Balaban J connectivity index is 2.12. The molecular weight excluding hydrogens is 264 g/mol. The van der Waals surface area contributed by atoms with Gasteiger partial charge >= 0.3 is 5.97 Å². The number of Topliss-reactive ketones (excluding diaryl/α,β-unsaturated/α-hetero) is 1. The zero-order chi connectivity index (χ0) is 14.7. The number of ketones is 2. The van der Waals surface area contributed by atoms with Crippen LogP contribution < -0.4 is 0 Å². The van der Waals surface area contributed by atoms with E-state index in [0.29, 0.717) is 5.56 Å². The Labute approximate surface area is 114 Å². The van der Waals surface area contributed by atoms with Gasteiger partial charge in [-0.15, -0.1) is 0 Å². The van der Waals surface area contributed by atoms with E-state index in [0.717, 1.165) is 12.1 Å². The third kappa shape index (κ3) is 3.23. The minimum atomic E-state index is -1.11. The van der Waals surface area contributed by atoms with Crippen LogP contribution in [0, 0.1) is 5.92 Å². The number of cyclic esters (lactones) is 1. The number of allylic oxidation sites excluding steroid dienone is 1. The van der Waals surface area contributed by atoms with Crippen molar-refractivity contribution in [2.45, 2.75) is 6.42 Å². The fourth-order valence-corrected chi connectivity index (χ4v) is 1.85. The highest BCUT2D eigenvalue weighted by atomic mass is 16.5. The number of hydrogen-bond donors (Lipinski definition) is 2. The number of aromatic hydroxyl groups is 2. The van der Waals surface area contributed by atoms with E-state index >= 15 is 0 Å². The summed E-state index contributed by atoms with van der Waals surface area (Å²) in [5.74, 6) is -2.97. The van der Waals surface area contributed by atoms with Gasteiger partial charge in [0.25, 0.3) is 0 Å².